The van der Waals surface area contributed by atoms with Crippen molar-refractivity contribution in [3.05, 3.63) is 35.9 Å². The monoisotopic (exact) mass is 277 g/mol. The highest BCUT2D eigenvalue weighted by molar-refractivity contribution is 5.84. The van der Waals surface area contributed by atoms with Gasteiger partial charge in [0.25, 0.3) is 0 Å². The molecular formula is C15H19NO4. The van der Waals surface area contributed by atoms with Crippen molar-refractivity contribution < 1.29 is 19.4 Å². The minimum atomic E-state index is -0.911. The number of carbonyl (C=O) groups is 2. The zero-order chi connectivity index (χ0) is 14.5. The fourth-order valence-electron chi connectivity index (χ4n) is 2.45. The molecule has 0 bridgehead atoms. The van der Waals surface area contributed by atoms with Gasteiger partial charge in [0.15, 0.2) is 0 Å². The van der Waals surface area contributed by atoms with Crippen molar-refractivity contribution >= 4 is 11.9 Å². The molecule has 5 nitrogen and oxygen atoms in total. The lowest BCUT2D eigenvalue weighted by Gasteiger charge is -2.36. The number of rotatable bonds is 4. The van der Waals surface area contributed by atoms with Gasteiger partial charge in [0.2, 0.25) is 5.91 Å². The van der Waals surface area contributed by atoms with E-state index in [4.69, 9.17) is 9.84 Å². The lowest BCUT2D eigenvalue weighted by molar-refractivity contribution is -0.147. The van der Waals surface area contributed by atoms with Crippen LogP contribution in [0.5, 0.6) is 0 Å². The molecule has 5 heteroatoms. The summed E-state index contributed by atoms with van der Waals surface area (Å²) in [5, 5.41) is 8.93. The van der Waals surface area contributed by atoms with Gasteiger partial charge in [-0.2, -0.15) is 0 Å². The molecular weight excluding hydrogens is 258 g/mol. The number of benzene rings is 1. The maximum Gasteiger partial charge on any atom is 0.305 e. The third-order valence-electron chi connectivity index (χ3n) is 3.59. The van der Waals surface area contributed by atoms with Crippen LogP contribution in [-0.4, -0.2) is 47.7 Å². The summed E-state index contributed by atoms with van der Waals surface area (Å²) in [5.74, 6) is -1.22. The van der Waals surface area contributed by atoms with E-state index in [0.717, 1.165) is 5.56 Å². The molecule has 1 heterocycles. The van der Waals surface area contributed by atoms with Gasteiger partial charge < -0.3 is 14.7 Å². The summed E-state index contributed by atoms with van der Waals surface area (Å²) in [6, 6.07) is 9.15. The molecule has 0 radical (unpaired) electrons. The number of carbonyl (C=O) groups excluding carboxylic acids is 1. The Kier molecular flexibility index (Phi) is 4.74. The van der Waals surface area contributed by atoms with Gasteiger partial charge >= 0.3 is 5.97 Å². The Morgan fingerprint density at radius 3 is 2.75 bits per heavy atom. The fourth-order valence-corrected chi connectivity index (χ4v) is 2.45. The highest BCUT2D eigenvalue weighted by Crippen LogP contribution is 2.21. The predicted octanol–water partition coefficient (Wildman–Crippen LogP) is 1.49. The van der Waals surface area contributed by atoms with Gasteiger partial charge in [0.1, 0.15) is 0 Å². The topological polar surface area (TPSA) is 66.8 Å². The lowest BCUT2D eigenvalue weighted by atomic mass is 9.98. The fraction of sp³-hybridized carbons (Fsp3) is 0.467. The number of morpholine rings is 1. The van der Waals surface area contributed by atoms with E-state index in [0.29, 0.717) is 19.8 Å². The molecule has 108 valence electrons. The Bertz CT molecular complexity index is 474. The number of carboxylic acid groups (broad SMARTS) is 1. The van der Waals surface area contributed by atoms with Gasteiger partial charge in [-0.1, -0.05) is 30.3 Å². The molecule has 0 aromatic heterocycles. The highest BCUT2D eigenvalue weighted by Gasteiger charge is 2.31. The average Bonchev–Trinajstić information content (AvgIpc) is 2.46. The van der Waals surface area contributed by atoms with Gasteiger partial charge in [-0.3, -0.25) is 9.59 Å². The van der Waals surface area contributed by atoms with E-state index in [2.05, 4.69) is 0 Å². The molecule has 1 N–H and O–H groups in total. The van der Waals surface area contributed by atoms with Crippen LogP contribution in [0.15, 0.2) is 30.3 Å². The van der Waals surface area contributed by atoms with Crippen LogP contribution in [0.2, 0.25) is 0 Å². The van der Waals surface area contributed by atoms with Crippen molar-refractivity contribution in [1.29, 1.82) is 0 Å². The Morgan fingerprint density at radius 2 is 2.10 bits per heavy atom. The van der Waals surface area contributed by atoms with Gasteiger partial charge in [-0.25, -0.2) is 0 Å². The maximum absolute atomic E-state index is 12.6. The number of aliphatic carboxylic acids is 1. The Labute approximate surface area is 118 Å². The first kappa shape index (κ1) is 14.5. The molecule has 20 heavy (non-hydrogen) atoms. The third kappa shape index (κ3) is 3.36. The van der Waals surface area contributed by atoms with Crippen LogP contribution in [0, 0.1) is 0 Å². The Balaban J connectivity index is 2.11. The van der Waals surface area contributed by atoms with Crippen molar-refractivity contribution in [2.24, 2.45) is 0 Å². The molecule has 0 saturated carbocycles. The van der Waals surface area contributed by atoms with Crippen molar-refractivity contribution in [3.63, 3.8) is 0 Å². The van der Waals surface area contributed by atoms with E-state index in [1.807, 2.05) is 37.3 Å². The van der Waals surface area contributed by atoms with Gasteiger partial charge in [-0.05, 0) is 12.5 Å². The maximum atomic E-state index is 12.6. The van der Waals surface area contributed by atoms with Gasteiger partial charge in [-0.15, -0.1) is 0 Å². The van der Waals surface area contributed by atoms with Crippen molar-refractivity contribution in [2.75, 3.05) is 19.8 Å². The molecule has 1 aliphatic rings. The third-order valence-corrected chi connectivity index (χ3v) is 3.59. The van der Waals surface area contributed by atoms with Crippen LogP contribution in [-0.2, 0) is 14.3 Å². The molecule has 1 aromatic rings. The molecule has 0 spiro atoms. The second kappa shape index (κ2) is 6.52. The summed E-state index contributed by atoms with van der Waals surface area (Å²) in [4.78, 5) is 25.1. The van der Waals surface area contributed by atoms with Crippen molar-refractivity contribution in [1.82, 2.24) is 4.90 Å². The first-order valence-electron chi connectivity index (χ1n) is 6.74. The largest absolute Gasteiger partial charge is 0.481 e. The van der Waals surface area contributed by atoms with E-state index in [-0.39, 0.29) is 24.3 Å². The van der Waals surface area contributed by atoms with E-state index >= 15 is 0 Å². The number of hydrogen-bond donors (Lipinski definition) is 1. The molecule has 1 saturated heterocycles. The minimum Gasteiger partial charge on any atom is -0.481 e. The lowest BCUT2D eigenvalue weighted by Crippen LogP contribution is -2.50. The minimum absolute atomic E-state index is 0.0363. The quantitative estimate of drug-likeness (QED) is 0.905. The molecule has 1 aromatic carbocycles. The molecule has 1 fully saturated rings. The van der Waals surface area contributed by atoms with E-state index in [1.54, 1.807) is 4.90 Å². The summed E-state index contributed by atoms with van der Waals surface area (Å²) >= 11 is 0. The molecule has 2 atom stereocenters. The molecule has 1 amide bonds. The van der Waals surface area contributed by atoms with Crippen LogP contribution < -0.4 is 0 Å². The molecule has 1 unspecified atom stereocenters. The number of carboxylic acids is 1. The summed E-state index contributed by atoms with van der Waals surface area (Å²) in [6.45, 7) is 3.06. The summed E-state index contributed by atoms with van der Waals surface area (Å²) in [6.07, 6.45) is -0.0761. The molecule has 1 aliphatic heterocycles. The number of nitrogens with zero attached hydrogens (tertiary/aromatic N) is 1. The summed E-state index contributed by atoms with van der Waals surface area (Å²) < 4.78 is 5.29. The van der Waals surface area contributed by atoms with E-state index in [9.17, 15) is 9.59 Å². The van der Waals surface area contributed by atoms with Crippen LogP contribution >= 0.6 is 0 Å². The molecule has 0 aliphatic carbocycles. The number of hydrogen-bond acceptors (Lipinski definition) is 3. The smallest absolute Gasteiger partial charge is 0.305 e. The van der Waals surface area contributed by atoms with E-state index < -0.39 is 5.97 Å². The van der Waals surface area contributed by atoms with Gasteiger partial charge in [0, 0.05) is 6.54 Å². The Morgan fingerprint density at radius 1 is 1.40 bits per heavy atom. The van der Waals surface area contributed by atoms with Crippen LogP contribution in [0.25, 0.3) is 0 Å². The number of ether oxygens (including phenoxy) is 1. The van der Waals surface area contributed by atoms with Crippen LogP contribution in [0.4, 0.5) is 0 Å². The first-order valence-corrected chi connectivity index (χ1v) is 6.74. The Hall–Kier alpha value is -1.88. The number of amides is 1. The summed E-state index contributed by atoms with van der Waals surface area (Å²) in [7, 11) is 0. The highest BCUT2D eigenvalue weighted by atomic mass is 16.5. The average molecular weight is 277 g/mol. The second-order valence-corrected chi connectivity index (χ2v) is 4.99. The van der Waals surface area contributed by atoms with Crippen LogP contribution in [0.3, 0.4) is 0 Å². The van der Waals surface area contributed by atoms with E-state index in [1.165, 1.54) is 0 Å². The zero-order valence-electron chi connectivity index (χ0n) is 11.5. The second-order valence-electron chi connectivity index (χ2n) is 4.99. The molecule has 2 rings (SSSR count). The first-order chi connectivity index (χ1) is 9.59. The van der Waals surface area contributed by atoms with Crippen molar-refractivity contribution in [2.45, 2.75) is 25.3 Å². The van der Waals surface area contributed by atoms with Crippen molar-refractivity contribution in [3.8, 4) is 0 Å². The normalized spacial score (nSPS) is 20.4. The SMILES string of the molecule is C[C@@H](C(=O)N1CCOCC1CC(=O)O)c1ccccc1. The predicted molar refractivity (Wildman–Crippen MR) is 73.4 cm³/mol. The summed E-state index contributed by atoms with van der Waals surface area (Å²) in [5.41, 5.74) is 0.943. The van der Waals surface area contributed by atoms with Gasteiger partial charge in [0.05, 0.1) is 31.6 Å². The standard InChI is InChI=1S/C15H19NO4/c1-11(12-5-3-2-4-6-12)15(19)16-7-8-20-10-13(16)9-14(17)18/h2-6,11,13H,7-10H2,1H3,(H,17,18)/t11-,13?/m1/s1. The van der Waals surface area contributed by atoms with Crippen LogP contribution in [0.1, 0.15) is 24.8 Å². The zero-order valence-corrected chi connectivity index (χ0v) is 11.5.